The molecule has 2 atom stereocenters. The van der Waals surface area contributed by atoms with Crippen LogP contribution >= 0.6 is 0 Å². The number of amides is 3. The molecule has 2 aliphatic heterocycles. The van der Waals surface area contributed by atoms with Crippen LogP contribution in [-0.4, -0.2) is 74.8 Å². The molecular weight excluding hydrogens is 600 g/mol. The van der Waals surface area contributed by atoms with Gasteiger partial charge in [-0.3, -0.25) is 9.36 Å². The fourth-order valence-corrected chi connectivity index (χ4v) is 5.78. The molecule has 4 N–H and O–H groups in total. The number of ether oxygens (including phenoxy) is 2. The van der Waals surface area contributed by atoms with Gasteiger partial charge in [0.05, 0.1) is 28.3 Å². The van der Waals surface area contributed by atoms with Crippen LogP contribution in [0.15, 0.2) is 53.3 Å². The third-order valence-corrected chi connectivity index (χ3v) is 7.96. The van der Waals surface area contributed by atoms with Crippen LogP contribution in [-0.2, 0) is 20.8 Å². The van der Waals surface area contributed by atoms with Crippen LogP contribution in [0, 0.1) is 11.8 Å². The van der Waals surface area contributed by atoms with Crippen molar-refractivity contribution >= 4 is 40.5 Å². The van der Waals surface area contributed by atoms with Crippen LogP contribution in [0.2, 0.25) is 0 Å². The van der Waals surface area contributed by atoms with E-state index in [-0.39, 0.29) is 35.6 Å². The van der Waals surface area contributed by atoms with E-state index in [0.29, 0.717) is 44.1 Å². The molecule has 2 saturated heterocycles. The molecule has 3 aromatic rings. The molecule has 0 spiro atoms. The molecule has 3 heterocycles. The second kappa shape index (κ2) is 15.0. The van der Waals surface area contributed by atoms with Crippen LogP contribution in [0.4, 0.5) is 21.0 Å². The quantitative estimate of drug-likeness (QED) is 0.301. The summed E-state index contributed by atoms with van der Waals surface area (Å²) >= 11 is 0. The zero-order valence-corrected chi connectivity index (χ0v) is 28.5. The monoisotopic (exact) mass is 650 g/mol. The molecule has 0 aliphatic carbocycles. The Hall–Kier alpha value is -4.48. The Labute approximate surface area is 276 Å². The second-order valence-electron chi connectivity index (χ2n) is 14.3. The number of likely N-dealkylation sites (tertiary alicyclic amines) is 2. The maximum absolute atomic E-state index is 12.4. The SMILES string of the molecule is CC(C)(C)OC(=O)N1CCC[C@H](C(=O)Nc2ccccc2N)C1.CC(C)(C)OC(=O)N1CCC[C@H](Cn2c(=O)[nH]c3ccccc32)C1. The minimum absolute atomic E-state index is 0.0920. The van der Waals surface area contributed by atoms with E-state index in [9.17, 15) is 19.2 Å². The lowest BCUT2D eigenvalue weighted by Gasteiger charge is -2.34. The number of para-hydroxylation sites is 4. The van der Waals surface area contributed by atoms with Gasteiger partial charge in [-0.1, -0.05) is 24.3 Å². The van der Waals surface area contributed by atoms with E-state index in [1.54, 1.807) is 26.5 Å². The average Bonchev–Trinajstić information content (AvgIpc) is 3.31. The lowest BCUT2D eigenvalue weighted by molar-refractivity contribution is -0.121. The van der Waals surface area contributed by atoms with Gasteiger partial charge in [0.15, 0.2) is 0 Å². The lowest BCUT2D eigenvalue weighted by Crippen LogP contribution is -2.45. The molecule has 12 heteroatoms. The highest BCUT2D eigenvalue weighted by atomic mass is 16.6. The van der Waals surface area contributed by atoms with Gasteiger partial charge in [-0.25, -0.2) is 14.4 Å². The molecule has 2 aromatic carbocycles. The van der Waals surface area contributed by atoms with Crippen molar-refractivity contribution in [3.05, 3.63) is 59.0 Å². The molecule has 47 heavy (non-hydrogen) atoms. The van der Waals surface area contributed by atoms with Gasteiger partial charge in [0, 0.05) is 32.7 Å². The number of imidazole rings is 1. The molecule has 0 saturated carbocycles. The molecule has 5 rings (SSSR count). The highest BCUT2D eigenvalue weighted by Crippen LogP contribution is 2.24. The standard InChI is InChI=1S/C18H25N3O3.C17H25N3O3/c1-18(2,3)24-17(23)20-10-6-7-13(11-20)12-21-15-9-5-4-8-14(15)19-16(21)22;1-17(2,3)23-16(22)20-10-6-7-12(11-20)15(21)19-14-9-5-4-8-13(14)18/h4-5,8-9,13H,6-7,10-12H2,1-3H3,(H,19,22);4-5,8-9,12H,6-7,10-11,18H2,1-3H3,(H,19,21)/t13-;12-/m00/s1. The van der Waals surface area contributed by atoms with E-state index in [0.717, 1.165) is 36.7 Å². The molecule has 2 aliphatic rings. The number of hydrogen-bond acceptors (Lipinski definition) is 7. The number of nitrogens with two attached hydrogens (primary N) is 1. The van der Waals surface area contributed by atoms with Crippen LogP contribution in [0.25, 0.3) is 11.0 Å². The maximum Gasteiger partial charge on any atom is 0.410 e. The van der Waals surface area contributed by atoms with Crippen molar-refractivity contribution in [1.29, 1.82) is 0 Å². The highest BCUT2D eigenvalue weighted by Gasteiger charge is 2.31. The number of nitrogens with one attached hydrogen (secondary N) is 2. The zero-order valence-electron chi connectivity index (χ0n) is 28.5. The number of carbonyl (C=O) groups is 3. The average molecular weight is 651 g/mol. The van der Waals surface area contributed by atoms with Crippen molar-refractivity contribution in [2.24, 2.45) is 11.8 Å². The molecular formula is C35H50N6O6. The first-order valence-corrected chi connectivity index (χ1v) is 16.4. The number of rotatable bonds is 4. The minimum Gasteiger partial charge on any atom is -0.444 e. The van der Waals surface area contributed by atoms with E-state index in [2.05, 4.69) is 10.3 Å². The van der Waals surface area contributed by atoms with Crippen molar-refractivity contribution < 1.29 is 23.9 Å². The predicted molar refractivity (Wildman–Crippen MR) is 183 cm³/mol. The van der Waals surface area contributed by atoms with Crippen molar-refractivity contribution in [2.45, 2.75) is 85.0 Å². The largest absolute Gasteiger partial charge is 0.444 e. The predicted octanol–water partition coefficient (Wildman–Crippen LogP) is 5.83. The van der Waals surface area contributed by atoms with E-state index < -0.39 is 11.2 Å². The number of benzene rings is 2. The molecule has 0 bridgehead atoms. The number of anilines is 2. The number of piperidine rings is 2. The number of hydrogen-bond donors (Lipinski definition) is 3. The van der Waals surface area contributed by atoms with Crippen LogP contribution in [0.1, 0.15) is 67.2 Å². The van der Waals surface area contributed by atoms with Crippen LogP contribution < -0.4 is 16.7 Å². The molecule has 256 valence electrons. The number of nitrogens with zero attached hydrogens (tertiary/aromatic N) is 3. The first kappa shape index (κ1) is 35.4. The highest BCUT2D eigenvalue weighted by molar-refractivity contribution is 5.95. The van der Waals surface area contributed by atoms with Gasteiger partial charge in [0.1, 0.15) is 11.2 Å². The Morgan fingerprint density at radius 2 is 1.43 bits per heavy atom. The number of H-pyrrole nitrogens is 1. The summed E-state index contributed by atoms with van der Waals surface area (Å²) in [6, 6.07) is 14.8. The topological polar surface area (TPSA) is 152 Å². The summed E-state index contributed by atoms with van der Waals surface area (Å²) in [5.74, 6) is -0.116. The fourth-order valence-electron chi connectivity index (χ4n) is 5.78. The van der Waals surface area contributed by atoms with Crippen molar-refractivity contribution in [3.63, 3.8) is 0 Å². The molecule has 0 radical (unpaired) electrons. The smallest absolute Gasteiger partial charge is 0.410 e. The summed E-state index contributed by atoms with van der Waals surface area (Å²) in [7, 11) is 0. The summed E-state index contributed by atoms with van der Waals surface area (Å²) < 4.78 is 12.6. The van der Waals surface area contributed by atoms with Gasteiger partial charge in [-0.15, -0.1) is 0 Å². The third kappa shape index (κ3) is 10.3. The Kier molecular flexibility index (Phi) is 11.3. The summed E-state index contributed by atoms with van der Waals surface area (Å²) in [5.41, 5.74) is 7.62. The van der Waals surface area contributed by atoms with Crippen LogP contribution in [0.5, 0.6) is 0 Å². The molecule has 0 unspecified atom stereocenters. The number of aromatic amines is 1. The molecule has 12 nitrogen and oxygen atoms in total. The Morgan fingerprint density at radius 1 is 0.851 bits per heavy atom. The van der Waals surface area contributed by atoms with Gasteiger partial charge >= 0.3 is 17.9 Å². The van der Waals surface area contributed by atoms with Gasteiger partial charge in [0.2, 0.25) is 5.91 Å². The molecule has 1 aromatic heterocycles. The normalized spacial score (nSPS) is 18.6. The van der Waals surface area contributed by atoms with E-state index in [4.69, 9.17) is 15.2 Å². The second-order valence-corrected chi connectivity index (χ2v) is 14.3. The zero-order chi connectivity index (χ0) is 34.4. The van der Waals surface area contributed by atoms with Crippen LogP contribution in [0.3, 0.4) is 0 Å². The lowest BCUT2D eigenvalue weighted by atomic mass is 9.97. The number of fused-ring (bicyclic) bond motifs is 1. The molecule has 2 fully saturated rings. The van der Waals surface area contributed by atoms with Gasteiger partial charge in [0.25, 0.3) is 0 Å². The Morgan fingerprint density at radius 3 is 2.06 bits per heavy atom. The van der Waals surface area contributed by atoms with E-state index in [1.807, 2.05) is 77.9 Å². The maximum atomic E-state index is 12.4. The first-order chi connectivity index (χ1) is 22.1. The van der Waals surface area contributed by atoms with Crippen molar-refractivity contribution in [1.82, 2.24) is 19.4 Å². The number of carbonyl (C=O) groups excluding carboxylic acids is 3. The number of nitrogen functional groups attached to an aromatic ring is 1. The Bertz CT molecular complexity index is 1600. The number of aromatic nitrogens is 2. The van der Waals surface area contributed by atoms with E-state index in [1.165, 1.54) is 0 Å². The van der Waals surface area contributed by atoms with Gasteiger partial charge < -0.3 is 35.3 Å². The van der Waals surface area contributed by atoms with Gasteiger partial charge in [-0.05, 0) is 97.4 Å². The van der Waals surface area contributed by atoms with E-state index >= 15 is 0 Å². The fraction of sp³-hybridized carbons (Fsp3) is 0.543. The summed E-state index contributed by atoms with van der Waals surface area (Å²) in [6.07, 6.45) is 2.83. The van der Waals surface area contributed by atoms with Gasteiger partial charge in [-0.2, -0.15) is 0 Å². The minimum atomic E-state index is -0.537. The summed E-state index contributed by atoms with van der Waals surface area (Å²) in [4.78, 5) is 55.3. The first-order valence-electron chi connectivity index (χ1n) is 16.4. The summed E-state index contributed by atoms with van der Waals surface area (Å²) in [6.45, 7) is 14.1. The summed E-state index contributed by atoms with van der Waals surface area (Å²) in [5, 5.41) is 2.84. The molecule has 3 amide bonds. The Balaban J connectivity index is 0.000000213. The third-order valence-electron chi connectivity index (χ3n) is 7.96. The van der Waals surface area contributed by atoms with Crippen molar-refractivity contribution in [3.8, 4) is 0 Å². The van der Waals surface area contributed by atoms with Crippen molar-refractivity contribution in [2.75, 3.05) is 37.2 Å².